The van der Waals surface area contributed by atoms with Crippen molar-refractivity contribution in [2.45, 2.75) is 32.2 Å². The number of nitrogens with zero attached hydrogens (tertiary/aromatic N) is 3. The minimum Gasteiger partial charge on any atom is -0.371 e. The Hall–Kier alpha value is -1.53. The molecule has 1 aliphatic heterocycles. The van der Waals surface area contributed by atoms with Crippen molar-refractivity contribution in [3.63, 3.8) is 0 Å². The molecule has 130 valence electrons. The highest BCUT2D eigenvalue weighted by atomic mass is 32.1. The fourth-order valence-corrected chi connectivity index (χ4v) is 4.04. The largest absolute Gasteiger partial charge is 0.371 e. The molecule has 0 radical (unpaired) electrons. The van der Waals surface area contributed by atoms with Gasteiger partial charge in [-0.3, -0.25) is 0 Å². The van der Waals surface area contributed by atoms with Gasteiger partial charge in [0.25, 0.3) is 0 Å². The smallest absolute Gasteiger partial charge is 0.160 e. The second-order valence-corrected chi connectivity index (χ2v) is 7.35. The lowest BCUT2D eigenvalue weighted by Gasteiger charge is -2.38. The molecule has 1 aliphatic rings. The van der Waals surface area contributed by atoms with Crippen LogP contribution in [0, 0.1) is 18.6 Å². The topological polar surface area (TPSA) is 19.4 Å². The molecule has 0 aliphatic carbocycles. The monoisotopic (exact) mass is 351 g/mol. The second kappa shape index (κ2) is 7.57. The second-order valence-electron chi connectivity index (χ2n) is 6.41. The van der Waals surface area contributed by atoms with Gasteiger partial charge in [-0.15, -0.1) is 11.3 Å². The van der Waals surface area contributed by atoms with Gasteiger partial charge in [-0.25, -0.2) is 13.8 Å². The molecule has 0 unspecified atom stereocenters. The van der Waals surface area contributed by atoms with Crippen LogP contribution in [0.25, 0.3) is 0 Å². The molecule has 1 aromatic carbocycles. The van der Waals surface area contributed by atoms with E-state index in [1.807, 2.05) is 5.51 Å². The molecule has 6 heteroatoms. The zero-order valence-electron chi connectivity index (χ0n) is 14.1. The molecule has 0 bridgehead atoms. The van der Waals surface area contributed by atoms with Crippen molar-refractivity contribution in [3.8, 4) is 0 Å². The van der Waals surface area contributed by atoms with Crippen molar-refractivity contribution < 1.29 is 8.78 Å². The summed E-state index contributed by atoms with van der Waals surface area (Å²) in [6.07, 6.45) is 3.12. The van der Waals surface area contributed by atoms with Crippen LogP contribution in [0.5, 0.6) is 0 Å². The SMILES string of the molecule is Cc1ncsc1CCN(C)C1CCN(c2ccc(F)c(F)c2)CC1. The van der Waals surface area contributed by atoms with Crippen molar-refractivity contribution in [3.05, 3.63) is 45.9 Å². The van der Waals surface area contributed by atoms with E-state index in [1.54, 1.807) is 17.4 Å². The number of halogens is 2. The van der Waals surface area contributed by atoms with E-state index in [0.29, 0.717) is 6.04 Å². The van der Waals surface area contributed by atoms with Crippen molar-refractivity contribution in [2.75, 3.05) is 31.6 Å². The number of aromatic nitrogens is 1. The Balaban J connectivity index is 1.50. The zero-order chi connectivity index (χ0) is 17.1. The molecule has 1 aromatic heterocycles. The first-order valence-corrected chi connectivity index (χ1v) is 9.22. The summed E-state index contributed by atoms with van der Waals surface area (Å²) in [6, 6.07) is 4.71. The number of likely N-dealkylation sites (N-methyl/N-ethyl adjacent to an activating group) is 1. The molecule has 3 nitrogen and oxygen atoms in total. The first-order chi connectivity index (χ1) is 11.5. The molecule has 0 atom stereocenters. The Morgan fingerprint density at radius 3 is 2.62 bits per heavy atom. The maximum Gasteiger partial charge on any atom is 0.160 e. The first kappa shape index (κ1) is 17.3. The van der Waals surface area contributed by atoms with E-state index in [0.717, 1.165) is 50.3 Å². The maximum absolute atomic E-state index is 13.4. The van der Waals surface area contributed by atoms with Crippen LogP contribution in [0.3, 0.4) is 0 Å². The van der Waals surface area contributed by atoms with Gasteiger partial charge in [0.1, 0.15) is 0 Å². The van der Waals surface area contributed by atoms with Gasteiger partial charge in [0.05, 0.1) is 11.2 Å². The van der Waals surface area contributed by atoms with E-state index in [1.165, 1.54) is 17.0 Å². The minimum atomic E-state index is -0.785. The average molecular weight is 351 g/mol. The van der Waals surface area contributed by atoms with E-state index in [-0.39, 0.29) is 0 Å². The first-order valence-electron chi connectivity index (χ1n) is 8.34. The van der Waals surface area contributed by atoms with E-state index in [9.17, 15) is 8.78 Å². The van der Waals surface area contributed by atoms with Crippen LogP contribution in [0.2, 0.25) is 0 Å². The quantitative estimate of drug-likeness (QED) is 0.815. The third kappa shape index (κ3) is 3.92. The number of benzene rings is 1. The number of thiazole rings is 1. The highest BCUT2D eigenvalue weighted by Crippen LogP contribution is 2.24. The summed E-state index contributed by atoms with van der Waals surface area (Å²) < 4.78 is 26.5. The number of anilines is 1. The summed E-state index contributed by atoms with van der Waals surface area (Å²) in [6.45, 7) is 4.84. The molecule has 2 aromatic rings. The Morgan fingerprint density at radius 2 is 2.00 bits per heavy atom. The number of aryl methyl sites for hydroxylation is 1. The average Bonchev–Trinajstić information content (AvgIpc) is 3.00. The third-order valence-corrected chi connectivity index (χ3v) is 5.89. The van der Waals surface area contributed by atoms with E-state index >= 15 is 0 Å². The van der Waals surface area contributed by atoms with Crippen molar-refractivity contribution in [1.82, 2.24) is 9.88 Å². The summed E-state index contributed by atoms with van der Waals surface area (Å²) in [5.41, 5.74) is 3.82. The van der Waals surface area contributed by atoms with Gasteiger partial charge in [-0.05, 0) is 45.4 Å². The molecular formula is C18H23F2N3S. The lowest BCUT2D eigenvalue weighted by atomic mass is 10.0. The molecule has 0 N–H and O–H groups in total. The van der Waals surface area contributed by atoms with Crippen LogP contribution >= 0.6 is 11.3 Å². The van der Waals surface area contributed by atoms with Crippen LogP contribution < -0.4 is 4.90 Å². The predicted octanol–water partition coefficient (Wildman–Crippen LogP) is 3.87. The molecule has 0 spiro atoms. The van der Waals surface area contributed by atoms with Crippen molar-refractivity contribution in [1.29, 1.82) is 0 Å². The van der Waals surface area contributed by atoms with Crippen molar-refractivity contribution in [2.24, 2.45) is 0 Å². The Morgan fingerprint density at radius 1 is 1.25 bits per heavy atom. The van der Waals surface area contributed by atoms with Gasteiger partial charge < -0.3 is 9.80 Å². The Labute approximate surface area is 145 Å². The third-order valence-electron chi connectivity index (χ3n) is 4.89. The molecule has 0 saturated carbocycles. The number of hydrogen-bond donors (Lipinski definition) is 0. The lowest BCUT2D eigenvalue weighted by Crippen LogP contribution is -2.44. The molecule has 3 rings (SSSR count). The van der Waals surface area contributed by atoms with E-state index in [4.69, 9.17) is 0 Å². The summed E-state index contributed by atoms with van der Waals surface area (Å²) >= 11 is 1.73. The summed E-state index contributed by atoms with van der Waals surface area (Å²) in [7, 11) is 2.17. The van der Waals surface area contributed by atoms with Crippen molar-refractivity contribution >= 4 is 17.0 Å². The fourth-order valence-electron chi connectivity index (χ4n) is 3.27. The van der Waals surface area contributed by atoms with Gasteiger partial charge in [0.15, 0.2) is 11.6 Å². The predicted molar refractivity (Wildman–Crippen MR) is 94.8 cm³/mol. The van der Waals surface area contributed by atoms with Crippen LogP contribution in [-0.4, -0.2) is 42.6 Å². The van der Waals surface area contributed by atoms with Crippen LogP contribution in [-0.2, 0) is 6.42 Å². The molecule has 1 fully saturated rings. The van der Waals surface area contributed by atoms with E-state index < -0.39 is 11.6 Å². The molecule has 2 heterocycles. The van der Waals surface area contributed by atoms with Crippen LogP contribution in [0.4, 0.5) is 14.5 Å². The highest BCUT2D eigenvalue weighted by Gasteiger charge is 2.23. The summed E-state index contributed by atoms with van der Waals surface area (Å²) in [5, 5.41) is 0. The number of hydrogen-bond acceptors (Lipinski definition) is 4. The normalized spacial score (nSPS) is 16.1. The van der Waals surface area contributed by atoms with Crippen LogP contribution in [0.1, 0.15) is 23.4 Å². The number of rotatable bonds is 5. The minimum absolute atomic E-state index is 0.541. The standard InChI is InChI=1S/C18H23F2N3S/c1-13-18(24-12-21-13)7-8-22(2)14-5-9-23(10-6-14)15-3-4-16(19)17(20)11-15/h3-4,11-12,14H,5-10H2,1-2H3. The molecule has 0 amide bonds. The van der Waals surface area contributed by atoms with Gasteiger partial charge in [-0.2, -0.15) is 0 Å². The number of piperidine rings is 1. The summed E-state index contributed by atoms with van der Waals surface area (Å²) in [4.78, 5) is 10.2. The van der Waals surface area contributed by atoms with Gasteiger partial charge in [-0.1, -0.05) is 0 Å². The molecular weight excluding hydrogens is 328 g/mol. The van der Waals surface area contributed by atoms with Crippen LogP contribution in [0.15, 0.2) is 23.7 Å². The summed E-state index contributed by atoms with van der Waals surface area (Å²) in [5.74, 6) is -1.56. The van der Waals surface area contributed by atoms with Gasteiger partial charge >= 0.3 is 0 Å². The molecule has 1 saturated heterocycles. The van der Waals surface area contributed by atoms with Gasteiger partial charge in [0, 0.05) is 42.3 Å². The molecule has 24 heavy (non-hydrogen) atoms. The fraction of sp³-hybridized carbons (Fsp3) is 0.500. The highest BCUT2D eigenvalue weighted by molar-refractivity contribution is 7.09. The Bertz CT molecular complexity index is 681. The Kier molecular flexibility index (Phi) is 5.46. The van der Waals surface area contributed by atoms with Gasteiger partial charge in [0.2, 0.25) is 0 Å². The lowest BCUT2D eigenvalue weighted by molar-refractivity contribution is 0.210. The zero-order valence-corrected chi connectivity index (χ0v) is 15.0. The van der Waals surface area contributed by atoms with E-state index in [2.05, 4.69) is 28.8 Å². The maximum atomic E-state index is 13.4.